The number of carbonyl (C=O) groups is 1. The Hall–Kier alpha value is -1.49. The number of amides is 1. The number of carbonyl (C=O) groups excluding carboxylic acids is 1. The van der Waals surface area contributed by atoms with Crippen molar-refractivity contribution in [3.8, 4) is 0 Å². The minimum absolute atomic E-state index is 0.0781. The molecule has 10 heteroatoms. The molecule has 1 atom stereocenters. The normalized spacial score (nSPS) is 19.7. The second kappa shape index (κ2) is 13.2. The van der Waals surface area contributed by atoms with Crippen molar-refractivity contribution in [3.63, 3.8) is 0 Å². The molecule has 3 rings (SSSR count). The first-order valence-corrected chi connectivity index (χ1v) is 14.6. The maximum atomic E-state index is 12.6. The Labute approximate surface area is 218 Å². The van der Waals surface area contributed by atoms with Crippen LogP contribution in [0.5, 0.6) is 0 Å². The molecule has 0 bridgehead atoms. The molecule has 1 N–H and O–H groups in total. The number of benzene rings is 1. The molecule has 1 heterocycles. The van der Waals surface area contributed by atoms with Gasteiger partial charge >= 0.3 is 0 Å². The first kappa shape index (κ1) is 28.1. The van der Waals surface area contributed by atoms with Gasteiger partial charge in [-0.1, -0.05) is 17.7 Å². The van der Waals surface area contributed by atoms with Crippen LogP contribution in [0.15, 0.2) is 46.7 Å². The van der Waals surface area contributed by atoms with Crippen LogP contribution >= 0.6 is 22.9 Å². The third kappa shape index (κ3) is 8.00. The highest BCUT2D eigenvalue weighted by Crippen LogP contribution is 2.40. The summed E-state index contributed by atoms with van der Waals surface area (Å²) in [5, 5.41) is 5.60. The average molecular weight is 542 g/mol. The molecular weight excluding hydrogens is 506 g/mol. The van der Waals surface area contributed by atoms with E-state index in [0.717, 1.165) is 25.7 Å². The van der Waals surface area contributed by atoms with Crippen molar-refractivity contribution >= 4 is 38.9 Å². The van der Waals surface area contributed by atoms with Crippen molar-refractivity contribution in [3.05, 3.63) is 51.7 Å². The Balaban J connectivity index is 1.33. The van der Waals surface area contributed by atoms with Crippen LogP contribution in [0.25, 0.3) is 0 Å². The molecule has 0 spiro atoms. The van der Waals surface area contributed by atoms with E-state index in [2.05, 4.69) is 41.8 Å². The lowest BCUT2D eigenvalue weighted by Crippen LogP contribution is -2.36. The Morgan fingerprint density at radius 1 is 1.14 bits per heavy atom. The zero-order chi connectivity index (χ0) is 25.4. The monoisotopic (exact) mass is 541 g/mol. The van der Waals surface area contributed by atoms with Gasteiger partial charge in [0.1, 0.15) is 6.61 Å². The second-order valence-electron chi connectivity index (χ2n) is 9.34. The largest absolute Gasteiger partial charge is 0.370 e. The van der Waals surface area contributed by atoms with Crippen LogP contribution in [0.1, 0.15) is 36.6 Å². The van der Waals surface area contributed by atoms with Gasteiger partial charge in [0, 0.05) is 36.1 Å². The number of rotatable bonds is 12. The van der Waals surface area contributed by atoms with Crippen LogP contribution in [0.2, 0.25) is 5.02 Å². The minimum atomic E-state index is -3.62. The van der Waals surface area contributed by atoms with E-state index in [1.54, 1.807) is 12.1 Å². The molecule has 1 saturated carbocycles. The lowest BCUT2D eigenvalue weighted by atomic mass is 9.77. The summed E-state index contributed by atoms with van der Waals surface area (Å²) >= 11 is 7.66. The van der Waals surface area contributed by atoms with Crippen molar-refractivity contribution in [1.29, 1.82) is 0 Å². The third-order valence-corrected chi connectivity index (χ3v) is 9.69. The Morgan fingerprint density at radius 2 is 1.83 bits per heavy atom. The van der Waals surface area contributed by atoms with Crippen LogP contribution < -0.4 is 5.32 Å². The van der Waals surface area contributed by atoms with Gasteiger partial charge < -0.3 is 15.0 Å². The second-order valence-corrected chi connectivity index (χ2v) is 12.8. The zero-order valence-corrected chi connectivity index (χ0v) is 23.0. The highest BCUT2D eigenvalue weighted by atomic mass is 35.5. The van der Waals surface area contributed by atoms with Crippen LogP contribution in [0, 0.1) is 11.8 Å². The molecule has 0 radical (unpaired) electrons. The highest BCUT2D eigenvalue weighted by Gasteiger charge is 2.30. The number of hydrogen-bond acceptors (Lipinski definition) is 6. The van der Waals surface area contributed by atoms with E-state index in [-0.39, 0.29) is 30.6 Å². The molecule has 1 aliphatic carbocycles. The number of ether oxygens (including phenoxy) is 1. The molecule has 35 heavy (non-hydrogen) atoms. The van der Waals surface area contributed by atoms with Gasteiger partial charge in [-0.25, -0.2) is 8.42 Å². The van der Waals surface area contributed by atoms with Crippen molar-refractivity contribution in [2.24, 2.45) is 11.8 Å². The fourth-order valence-electron chi connectivity index (χ4n) is 4.65. The van der Waals surface area contributed by atoms with Gasteiger partial charge in [-0.05, 0) is 87.3 Å². The van der Waals surface area contributed by atoms with E-state index in [0.29, 0.717) is 29.4 Å². The van der Waals surface area contributed by atoms with Gasteiger partial charge in [-0.2, -0.15) is 4.31 Å². The quantitative estimate of drug-likeness (QED) is 0.406. The van der Waals surface area contributed by atoms with Crippen molar-refractivity contribution in [1.82, 2.24) is 14.5 Å². The predicted octanol–water partition coefficient (Wildman–Crippen LogP) is 4.26. The molecular formula is C25H36ClN3O4S2. The van der Waals surface area contributed by atoms with E-state index in [1.165, 1.54) is 28.4 Å². The Bertz CT molecular complexity index is 1020. The molecule has 1 unspecified atom stereocenters. The fraction of sp³-hybridized carbons (Fsp3) is 0.560. The summed E-state index contributed by atoms with van der Waals surface area (Å²) in [4.78, 5) is 16.1. The summed E-state index contributed by atoms with van der Waals surface area (Å²) in [6, 6.07) is 10.8. The Kier molecular flexibility index (Phi) is 10.6. The summed E-state index contributed by atoms with van der Waals surface area (Å²) in [6.07, 6.45) is 4.53. The van der Waals surface area contributed by atoms with Gasteiger partial charge in [0.25, 0.3) is 0 Å². The van der Waals surface area contributed by atoms with E-state index >= 15 is 0 Å². The van der Waals surface area contributed by atoms with E-state index < -0.39 is 10.0 Å². The number of sulfonamides is 1. The molecule has 1 aliphatic rings. The predicted molar refractivity (Wildman–Crippen MR) is 141 cm³/mol. The van der Waals surface area contributed by atoms with Gasteiger partial charge in [0.05, 0.1) is 11.5 Å². The number of likely N-dealkylation sites (N-methyl/N-ethyl adjacent to an activating group) is 1. The van der Waals surface area contributed by atoms with Crippen LogP contribution in [0.3, 0.4) is 0 Å². The van der Waals surface area contributed by atoms with Crippen molar-refractivity contribution in [2.45, 2.75) is 36.6 Å². The van der Waals surface area contributed by atoms with E-state index in [4.69, 9.17) is 16.3 Å². The molecule has 1 aromatic carbocycles. The summed E-state index contributed by atoms with van der Waals surface area (Å²) in [5.41, 5.74) is 0. The topological polar surface area (TPSA) is 79.0 Å². The minimum Gasteiger partial charge on any atom is -0.370 e. The smallest absolute Gasteiger partial charge is 0.246 e. The van der Waals surface area contributed by atoms with Gasteiger partial charge in [-0.3, -0.25) is 4.79 Å². The standard InChI is InChI=1S/C25H36ClN3O4S2/c1-28(2)25(23-5-4-16-34-23)20-8-6-19(7-9-20)17-27-24(30)18-33-15-14-29(3)35(31,32)22-12-10-21(26)11-13-22/h4-5,10-13,16,19-20,25H,6-9,14-15,17-18H2,1-3H3,(H,27,30). The maximum Gasteiger partial charge on any atom is 0.246 e. The number of nitrogens with zero attached hydrogens (tertiary/aromatic N) is 2. The molecule has 2 aromatic rings. The lowest BCUT2D eigenvalue weighted by Gasteiger charge is -2.37. The zero-order valence-electron chi connectivity index (χ0n) is 20.7. The fourth-order valence-corrected chi connectivity index (χ4v) is 6.94. The molecule has 194 valence electrons. The van der Waals surface area contributed by atoms with E-state index in [1.807, 2.05) is 11.3 Å². The summed E-state index contributed by atoms with van der Waals surface area (Å²) in [5.74, 6) is 0.956. The first-order chi connectivity index (χ1) is 16.7. The third-order valence-electron chi connectivity index (χ3n) is 6.62. The molecule has 1 aromatic heterocycles. The van der Waals surface area contributed by atoms with Crippen molar-refractivity contribution in [2.75, 3.05) is 47.4 Å². The molecule has 0 saturated heterocycles. The van der Waals surface area contributed by atoms with Crippen LogP contribution in [-0.2, 0) is 19.6 Å². The Morgan fingerprint density at radius 3 is 2.43 bits per heavy atom. The maximum absolute atomic E-state index is 12.6. The van der Waals surface area contributed by atoms with E-state index in [9.17, 15) is 13.2 Å². The average Bonchev–Trinajstić information content (AvgIpc) is 3.35. The number of halogens is 1. The lowest BCUT2D eigenvalue weighted by molar-refractivity contribution is -0.126. The van der Waals surface area contributed by atoms with Gasteiger partial charge in [0.15, 0.2) is 0 Å². The molecule has 1 fully saturated rings. The van der Waals surface area contributed by atoms with Crippen molar-refractivity contribution < 1.29 is 17.9 Å². The summed E-state index contributed by atoms with van der Waals surface area (Å²) in [7, 11) is 2.18. The van der Waals surface area contributed by atoms with Crippen LogP contribution in [-0.4, -0.2) is 71.0 Å². The van der Waals surface area contributed by atoms with Crippen LogP contribution in [0.4, 0.5) is 0 Å². The SMILES string of the molecule is CN(C)C(c1cccs1)C1CCC(CNC(=O)COCCN(C)S(=O)(=O)c2ccc(Cl)cc2)CC1. The molecule has 7 nitrogen and oxygen atoms in total. The summed E-state index contributed by atoms with van der Waals surface area (Å²) < 4.78 is 31.8. The number of hydrogen-bond donors (Lipinski definition) is 1. The first-order valence-electron chi connectivity index (χ1n) is 11.9. The highest BCUT2D eigenvalue weighted by molar-refractivity contribution is 7.89. The number of nitrogens with one attached hydrogen (secondary N) is 1. The molecule has 0 aliphatic heterocycles. The van der Waals surface area contributed by atoms with Gasteiger partial charge in [-0.15, -0.1) is 11.3 Å². The number of thiophene rings is 1. The van der Waals surface area contributed by atoms with Gasteiger partial charge in [0.2, 0.25) is 15.9 Å². The molecule has 1 amide bonds. The summed E-state index contributed by atoms with van der Waals surface area (Å²) in [6.45, 7) is 0.868.